The number of esters is 1. The van der Waals surface area contributed by atoms with Crippen molar-refractivity contribution in [3.8, 4) is 0 Å². The monoisotopic (exact) mass is 289 g/mol. The molecule has 0 amide bonds. The van der Waals surface area contributed by atoms with Crippen molar-refractivity contribution in [1.29, 1.82) is 0 Å². The molecule has 0 saturated carbocycles. The normalized spacial score (nSPS) is 15.1. The summed E-state index contributed by atoms with van der Waals surface area (Å²) >= 11 is 0. The highest BCUT2D eigenvalue weighted by Gasteiger charge is 2.21. The third kappa shape index (κ3) is 3.91. The minimum absolute atomic E-state index is 0.0507. The maximum Gasteiger partial charge on any atom is 0.305 e. The van der Waals surface area contributed by atoms with Gasteiger partial charge in [-0.3, -0.25) is 9.59 Å². The first-order chi connectivity index (χ1) is 10.2. The van der Waals surface area contributed by atoms with E-state index in [0.29, 0.717) is 6.42 Å². The van der Waals surface area contributed by atoms with E-state index in [9.17, 15) is 9.59 Å². The number of fused-ring (bicyclic) bond motifs is 1. The summed E-state index contributed by atoms with van der Waals surface area (Å²) in [6.07, 6.45) is 5.31. The summed E-state index contributed by atoms with van der Waals surface area (Å²) in [6.45, 7) is 0. The van der Waals surface area contributed by atoms with Gasteiger partial charge in [0.05, 0.1) is 13.2 Å². The highest BCUT2D eigenvalue weighted by molar-refractivity contribution is 6.00. The first kappa shape index (κ1) is 15.7. The molecule has 1 atom stereocenters. The van der Waals surface area contributed by atoms with Crippen LogP contribution in [-0.4, -0.2) is 32.0 Å². The Kier molecular flexibility index (Phi) is 5.51. The highest BCUT2D eigenvalue weighted by Crippen LogP contribution is 2.23. The minimum Gasteiger partial charge on any atom is -0.469 e. The molecule has 4 heteroatoms. The van der Waals surface area contributed by atoms with Gasteiger partial charge in [-0.25, -0.2) is 0 Å². The maximum atomic E-state index is 12.5. The molecule has 0 saturated heterocycles. The summed E-state index contributed by atoms with van der Waals surface area (Å²) in [5, 5.41) is 3.00. The quantitative estimate of drug-likeness (QED) is 0.645. The number of aryl methyl sites for hydroxylation is 2. The molecule has 1 aliphatic rings. The van der Waals surface area contributed by atoms with Crippen molar-refractivity contribution in [3.63, 3.8) is 0 Å². The number of nitrogens with one attached hydrogen (secondary N) is 1. The molecule has 1 N–H and O–H groups in total. The number of methoxy groups -OCH3 is 1. The smallest absolute Gasteiger partial charge is 0.305 e. The molecule has 0 aromatic heterocycles. The van der Waals surface area contributed by atoms with Gasteiger partial charge in [-0.05, 0) is 56.3 Å². The van der Waals surface area contributed by atoms with Gasteiger partial charge in [0.1, 0.15) is 0 Å². The lowest BCUT2D eigenvalue weighted by Crippen LogP contribution is -2.34. The lowest BCUT2D eigenvalue weighted by atomic mass is 9.88. The van der Waals surface area contributed by atoms with Gasteiger partial charge < -0.3 is 10.1 Å². The van der Waals surface area contributed by atoms with Crippen LogP contribution in [0.1, 0.15) is 47.2 Å². The van der Waals surface area contributed by atoms with E-state index >= 15 is 0 Å². The number of ether oxygens (including phenoxy) is 1. The molecule has 1 aromatic rings. The topological polar surface area (TPSA) is 55.4 Å². The van der Waals surface area contributed by atoms with E-state index in [4.69, 9.17) is 0 Å². The lowest BCUT2D eigenvalue weighted by molar-refractivity contribution is -0.140. The molecule has 0 aliphatic heterocycles. The summed E-state index contributed by atoms with van der Waals surface area (Å²) < 4.78 is 4.63. The Hall–Kier alpha value is -1.68. The third-order valence-electron chi connectivity index (χ3n) is 4.16. The molecule has 0 spiro atoms. The first-order valence-corrected chi connectivity index (χ1v) is 7.55. The van der Waals surface area contributed by atoms with Crippen LogP contribution in [-0.2, 0) is 22.4 Å². The lowest BCUT2D eigenvalue weighted by Gasteiger charge is -2.18. The summed E-state index contributed by atoms with van der Waals surface area (Å²) in [6, 6.07) is 5.67. The fourth-order valence-corrected chi connectivity index (χ4v) is 2.86. The van der Waals surface area contributed by atoms with Crippen molar-refractivity contribution in [2.75, 3.05) is 14.2 Å². The third-order valence-corrected chi connectivity index (χ3v) is 4.16. The summed E-state index contributed by atoms with van der Waals surface area (Å²) in [5.74, 6) is -0.233. The van der Waals surface area contributed by atoms with Crippen molar-refractivity contribution >= 4 is 11.8 Å². The second-order valence-electron chi connectivity index (χ2n) is 5.51. The van der Waals surface area contributed by atoms with E-state index < -0.39 is 0 Å². The van der Waals surface area contributed by atoms with Crippen LogP contribution in [0.5, 0.6) is 0 Å². The van der Waals surface area contributed by atoms with Gasteiger partial charge in [-0.2, -0.15) is 0 Å². The average molecular weight is 289 g/mol. The van der Waals surface area contributed by atoms with Crippen LogP contribution in [0.2, 0.25) is 0 Å². The maximum absolute atomic E-state index is 12.5. The van der Waals surface area contributed by atoms with Gasteiger partial charge in [0.15, 0.2) is 5.78 Å². The number of rotatable bonds is 6. The number of likely N-dealkylation sites (N-methyl/N-ethyl adjacent to an activating group) is 1. The van der Waals surface area contributed by atoms with Crippen LogP contribution < -0.4 is 5.32 Å². The average Bonchev–Trinajstić information content (AvgIpc) is 2.54. The molecular formula is C17H23NO3. The number of Topliss-reactive ketones (excluding diaryl/α,β-unsaturated/α-hetero) is 1. The minimum atomic E-state index is -0.342. The molecule has 4 nitrogen and oxygen atoms in total. The van der Waals surface area contributed by atoms with Gasteiger partial charge in [0.2, 0.25) is 0 Å². The largest absolute Gasteiger partial charge is 0.469 e. The molecule has 0 heterocycles. The number of hydrogen-bond acceptors (Lipinski definition) is 4. The Morgan fingerprint density at radius 1 is 1.24 bits per heavy atom. The fraction of sp³-hybridized carbons (Fsp3) is 0.529. The van der Waals surface area contributed by atoms with E-state index in [1.54, 1.807) is 7.05 Å². The molecule has 21 heavy (non-hydrogen) atoms. The van der Waals surface area contributed by atoms with Crippen LogP contribution >= 0.6 is 0 Å². The van der Waals surface area contributed by atoms with E-state index in [1.807, 2.05) is 12.1 Å². The molecule has 114 valence electrons. The molecular weight excluding hydrogens is 266 g/mol. The van der Waals surface area contributed by atoms with Crippen molar-refractivity contribution in [2.24, 2.45) is 0 Å². The number of benzene rings is 1. The predicted octanol–water partition coefficient (Wildman–Crippen LogP) is 2.29. The number of carbonyl (C=O) groups excluding carboxylic acids is 2. The Morgan fingerprint density at radius 3 is 2.62 bits per heavy atom. The molecule has 1 unspecified atom stereocenters. The number of carbonyl (C=O) groups is 2. The van der Waals surface area contributed by atoms with Gasteiger partial charge in [0.25, 0.3) is 0 Å². The molecule has 0 bridgehead atoms. The SMILES string of the molecule is CNC(CCC(=O)OC)C(=O)c1ccc2c(c1)CCCC2. The summed E-state index contributed by atoms with van der Waals surface area (Å²) in [7, 11) is 3.11. The van der Waals surface area contributed by atoms with Crippen LogP contribution in [0.3, 0.4) is 0 Å². The standard InChI is InChI=1S/C17H23NO3/c1-18-15(9-10-16(19)21-2)17(20)14-8-7-12-5-3-4-6-13(12)11-14/h7-8,11,15,18H,3-6,9-10H2,1-2H3. The zero-order chi connectivity index (χ0) is 15.2. The zero-order valence-electron chi connectivity index (χ0n) is 12.8. The zero-order valence-corrected chi connectivity index (χ0v) is 12.8. The van der Waals surface area contributed by atoms with E-state index in [1.165, 1.54) is 31.1 Å². The van der Waals surface area contributed by atoms with Gasteiger partial charge in [-0.15, -0.1) is 0 Å². The van der Waals surface area contributed by atoms with Crippen LogP contribution in [0.4, 0.5) is 0 Å². The molecule has 1 aromatic carbocycles. The Morgan fingerprint density at radius 2 is 1.95 bits per heavy atom. The summed E-state index contributed by atoms with van der Waals surface area (Å²) in [4.78, 5) is 23.8. The van der Waals surface area contributed by atoms with Gasteiger partial charge >= 0.3 is 5.97 Å². The Balaban J connectivity index is 2.08. The van der Waals surface area contributed by atoms with E-state index in [0.717, 1.165) is 18.4 Å². The van der Waals surface area contributed by atoms with E-state index in [2.05, 4.69) is 16.1 Å². The number of hydrogen-bond donors (Lipinski definition) is 1. The first-order valence-electron chi connectivity index (χ1n) is 7.55. The van der Waals surface area contributed by atoms with Crippen LogP contribution in [0.15, 0.2) is 18.2 Å². The fourth-order valence-electron chi connectivity index (χ4n) is 2.86. The van der Waals surface area contributed by atoms with E-state index in [-0.39, 0.29) is 24.2 Å². The summed E-state index contributed by atoms with van der Waals surface area (Å²) in [5.41, 5.74) is 3.41. The number of ketones is 1. The second-order valence-corrected chi connectivity index (χ2v) is 5.51. The Labute approximate surface area is 125 Å². The Bertz CT molecular complexity index is 525. The molecule has 1 aliphatic carbocycles. The van der Waals surface area contributed by atoms with Crippen LogP contribution in [0.25, 0.3) is 0 Å². The molecule has 0 radical (unpaired) electrons. The van der Waals surface area contributed by atoms with Gasteiger partial charge in [0, 0.05) is 12.0 Å². The van der Waals surface area contributed by atoms with Crippen molar-refractivity contribution in [2.45, 2.75) is 44.6 Å². The van der Waals surface area contributed by atoms with Crippen molar-refractivity contribution in [3.05, 3.63) is 34.9 Å². The predicted molar refractivity (Wildman–Crippen MR) is 81.5 cm³/mol. The van der Waals surface area contributed by atoms with Crippen molar-refractivity contribution in [1.82, 2.24) is 5.32 Å². The molecule has 2 rings (SSSR count). The second kappa shape index (κ2) is 7.36. The van der Waals surface area contributed by atoms with Crippen LogP contribution in [0, 0.1) is 0 Å². The van der Waals surface area contributed by atoms with Crippen molar-refractivity contribution < 1.29 is 14.3 Å². The highest BCUT2D eigenvalue weighted by atomic mass is 16.5. The molecule has 0 fully saturated rings. The van der Waals surface area contributed by atoms with Gasteiger partial charge in [-0.1, -0.05) is 12.1 Å².